The Morgan fingerprint density at radius 1 is 1.19 bits per heavy atom. The fourth-order valence-electron chi connectivity index (χ4n) is 2.27. The number of esters is 1. The molecule has 3 aromatic rings. The lowest BCUT2D eigenvalue weighted by Gasteiger charge is -2.11. The van der Waals surface area contributed by atoms with Crippen LogP contribution in [-0.2, 0) is 4.74 Å². The van der Waals surface area contributed by atoms with E-state index in [4.69, 9.17) is 17.0 Å². The van der Waals surface area contributed by atoms with Gasteiger partial charge in [-0.1, -0.05) is 6.07 Å². The highest BCUT2D eigenvalue weighted by atomic mass is 32.1. The fourth-order valence-corrected chi connectivity index (χ4v) is 4.33. The Morgan fingerprint density at radius 2 is 1.96 bits per heavy atom. The molecule has 0 amide bonds. The molecule has 2 N–H and O–H groups in total. The third-order valence-corrected chi connectivity index (χ3v) is 5.39. The van der Waals surface area contributed by atoms with Crippen molar-refractivity contribution in [2.45, 2.75) is 6.92 Å². The third-order valence-electron chi connectivity index (χ3n) is 3.39. The van der Waals surface area contributed by atoms with Gasteiger partial charge in [0.2, 0.25) is 0 Å². The van der Waals surface area contributed by atoms with Crippen molar-refractivity contribution in [3.63, 3.8) is 0 Å². The van der Waals surface area contributed by atoms with Gasteiger partial charge in [-0.25, -0.2) is 9.18 Å². The number of halogens is 1. The van der Waals surface area contributed by atoms with E-state index in [1.807, 2.05) is 22.9 Å². The Labute approximate surface area is 163 Å². The first kappa shape index (κ1) is 18.5. The predicted molar refractivity (Wildman–Crippen MR) is 110 cm³/mol. The van der Waals surface area contributed by atoms with Crippen LogP contribution in [0, 0.1) is 5.82 Å². The van der Waals surface area contributed by atoms with Crippen LogP contribution < -0.4 is 10.6 Å². The van der Waals surface area contributed by atoms with Crippen molar-refractivity contribution >= 4 is 56.7 Å². The molecule has 134 valence electrons. The smallest absolute Gasteiger partial charge is 0.341 e. The number of benzene rings is 1. The minimum absolute atomic E-state index is 0.288. The quantitative estimate of drug-likeness (QED) is 0.427. The van der Waals surface area contributed by atoms with E-state index in [0.717, 1.165) is 10.4 Å². The maximum Gasteiger partial charge on any atom is 0.341 e. The second kappa shape index (κ2) is 8.39. The van der Waals surface area contributed by atoms with Gasteiger partial charge in [-0.2, -0.15) is 0 Å². The highest BCUT2D eigenvalue weighted by molar-refractivity contribution is 7.80. The predicted octanol–water partition coefficient (Wildman–Crippen LogP) is 5.60. The van der Waals surface area contributed by atoms with E-state index < -0.39 is 5.97 Å². The summed E-state index contributed by atoms with van der Waals surface area (Å²) in [6, 6.07) is 9.74. The molecule has 0 atom stereocenters. The van der Waals surface area contributed by atoms with Gasteiger partial charge in [0.25, 0.3) is 0 Å². The number of ether oxygens (including phenoxy) is 1. The van der Waals surface area contributed by atoms with Gasteiger partial charge in [0, 0.05) is 21.5 Å². The summed E-state index contributed by atoms with van der Waals surface area (Å²) in [6.45, 7) is 2.05. The van der Waals surface area contributed by atoms with E-state index in [2.05, 4.69) is 10.6 Å². The fraction of sp³-hybridized carbons (Fsp3) is 0.111. The maximum atomic E-state index is 13.0. The van der Waals surface area contributed by atoms with Crippen LogP contribution in [0.4, 0.5) is 15.1 Å². The number of nitrogens with one attached hydrogen (secondary N) is 2. The molecule has 8 heteroatoms. The van der Waals surface area contributed by atoms with E-state index in [0.29, 0.717) is 21.4 Å². The van der Waals surface area contributed by atoms with Crippen molar-refractivity contribution in [3.8, 4) is 10.4 Å². The summed E-state index contributed by atoms with van der Waals surface area (Å²) in [5.74, 6) is -0.720. The molecule has 0 aliphatic rings. The first-order valence-electron chi connectivity index (χ1n) is 7.74. The summed E-state index contributed by atoms with van der Waals surface area (Å²) in [6.07, 6.45) is 0. The summed E-state index contributed by atoms with van der Waals surface area (Å²) >= 11 is 8.24. The Hall–Kier alpha value is -2.29. The minimum Gasteiger partial charge on any atom is -0.462 e. The molecule has 26 heavy (non-hydrogen) atoms. The zero-order valence-corrected chi connectivity index (χ0v) is 16.2. The average molecular weight is 407 g/mol. The molecule has 0 saturated heterocycles. The van der Waals surface area contributed by atoms with Gasteiger partial charge < -0.3 is 15.4 Å². The van der Waals surface area contributed by atoms with Gasteiger partial charge in [-0.05, 0) is 54.9 Å². The van der Waals surface area contributed by atoms with Crippen LogP contribution in [-0.4, -0.2) is 17.7 Å². The molecule has 3 rings (SSSR count). The number of carbonyl (C=O) groups is 1. The van der Waals surface area contributed by atoms with E-state index in [9.17, 15) is 9.18 Å². The standard InChI is InChI=1S/C18H15FN2O2S3/c1-2-23-17(22)15-13(14-4-3-9-25-14)10-26-16(15)21-18(24)20-12-7-5-11(19)6-8-12/h3-10H,2H2,1H3,(H2,20,21,24). The number of thiocarbonyl (C=S) groups is 1. The van der Waals surface area contributed by atoms with Gasteiger partial charge >= 0.3 is 5.97 Å². The zero-order valence-electron chi connectivity index (χ0n) is 13.7. The molecule has 0 aliphatic carbocycles. The Morgan fingerprint density at radius 3 is 2.62 bits per heavy atom. The monoisotopic (exact) mass is 406 g/mol. The summed E-state index contributed by atoms with van der Waals surface area (Å²) in [4.78, 5) is 13.4. The molecule has 0 aliphatic heterocycles. The summed E-state index contributed by atoms with van der Waals surface area (Å²) in [5.41, 5.74) is 1.93. The van der Waals surface area contributed by atoms with Gasteiger partial charge in [-0.15, -0.1) is 22.7 Å². The van der Waals surface area contributed by atoms with Crippen molar-refractivity contribution in [2.24, 2.45) is 0 Å². The lowest BCUT2D eigenvalue weighted by atomic mass is 10.1. The number of thiophene rings is 2. The molecule has 0 fully saturated rings. The molecule has 0 unspecified atom stereocenters. The number of rotatable bonds is 5. The van der Waals surface area contributed by atoms with Gasteiger partial charge in [-0.3, -0.25) is 0 Å². The van der Waals surface area contributed by atoms with E-state index >= 15 is 0 Å². The number of hydrogen-bond acceptors (Lipinski definition) is 5. The zero-order chi connectivity index (χ0) is 18.5. The van der Waals surface area contributed by atoms with Crippen LogP contribution in [0.25, 0.3) is 10.4 Å². The average Bonchev–Trinajstić information content (AvgIpc) is 3.26. The van der Waals surface area contributed by atoms with Crippen molar-refractivity contribution in [1.82, 2.24) is 0 Å². The molecular weight excluding hydrogens is 391 g/mol. The van der Waals surface area contributed by atoms with Gasteiger partial charge in [0.05, 0.1) is 6.61 Å². The van der Waals surface area contributed by atoms with E-state index in [1.54, 1.807) is 30.4 Å². The maximum absolute atomic E-state index is 13.0. The molecule has 4 nitrogen and oxygen atoms in total. The summed E-state index contributed by atoms with van der Waals surface area (Å²) in [7, 11) is 0. The normalized spacial score (nSPS) is 10.4. The van der Waals surface area contributed by atoms with Crippen LogP contribution in [0.1, 0.15) is 17.3 Å². The number of anilines is 2. The Kier molecular flexibility index (Phi) is 5.97. The molecule has 1 aromatic carbocycles. The molecule has 2 aromatic heterocycles. The molecule has 0 radical (unpaired) electrons. The van der Waals surface area contributed by atoms with E-state index in [1.165, 1.54) is 23.5 Å². The van der Waals surface area contributed by atoms with Crippen LogP contribution in [0.3, 0.4) is 0 Å². The van der Waals surface area contributed by atoms with Crippen LogP contribution in [0.5, 0.6) is 0 Å². The number of carbonyl (C=O) groups excluding carboxylic acids is 1. The Balaban J connectivity index is 1.83. The second-order valence-corrected chi connectivity index (χ2v) is 7.37. The van der Waals surface area contributed by atoms with E-state index in [-0.39, 0.29) is 12.4 Å². The van der Waals surface area contributed by atoms with Gasteiger partial charge in [0.1, 0.15) is 16.4 Å². The van der Waals surface area contributed by atoms with Gasteiger partial charge in [0.15, 0.2) is 5.11 Å². The summed E-state index contributed by atoms with van der Waals surface area (Å²) in [5, 5.41) is 10.8. The van der Waals surface area contributed by atoms with Crippen LogP contribution in [0.15, 0.2) is 47.2 Å². The summed E-state index contributed by atoms with van der Waals surface area (Å²) < 4.78 is 18.2. The lowest BCUT2D eigenvalue weighted by molar-refractivity contribution is 0.0529. The first-order chi connectivity index (χ1) is 12.6. The molecule has 0 saturated carbocycles. The van der Waals surface area contributed by atoms with Crippen molar-refractivity contribution in [2.75, 3.05) is 17.2 Å². The molecule has 2 heterocycles. The van der Waals surface area contributed by atoms with Crippen LogP contribution in [0.2, 0.25) is 0 Å². The first-order valence-corrected chi connectivity index (χ1v) is 9.91. The highest BCUT2D eigenvalue weighted by Gasteiger charge is 2.22. The molecule has 0 bridgehead atoms. The van der Waals surface area contributed by atoms with Crippen LogP contribution >= 0.6 is 34.9 Å². The second-order valence-electron chi connectivity index (χ2n) is 5.14. The van der Waals surface area contributed by atoms with Crippen molar-refractivity contribution < 1.29 is 13.9 Å². The molecule has 0 spiro atoms. The SMILES string of the molecule is CCOC(=O)c1c(-c2cccs2)csc1NC(=S)Nc1ccc(F)cc1. The highest BCUT2D eigenvalue weighted by Crippen LogP contribution is 2.38. The van der Waals surface area contributed by atoms with Crippen molar-refractivity contribution in [1.29, 1.82) is 0 Å². The lowest BCUT2D eigenvalue weighted by Crippen LogP contribution is -2.20. The largest absolute Gasteiger partial charge is 0.462 e. The third kappa shape index (κ3) is 4.27. The topological polar surface area (TPSA) is 50.4 Å². The minimum atomic E-state index is -0.399. The molecular formula is C18H15FN2O2S3. The van der Waals surface area contributed by atoms with Crippen molar-refractivity contribution in [3.05, 3.63) is 58.5 Å². The number of hydrogen-bond donors (Lipinski definition) is 2. The Bertz CT molecular complexity index is 905.